The van der Waals surface area contributed by atoms with Gasteiger partial charge < -0.3 is 14.8 Å². The van der Waals surface area contributed by atoms with Crippen molar-refractivity contribution in [1.29, 1.82) is 0 Å². The number of benzene rings is 1. The van der Waals surface area contributed by atoms with Gasteiger partial charge in [0.15, 0.2) is 0 Å². The second kappa shape index (κ2) is 5.61. The summed E-state index contributed by atoms with van der Waals surface area (Å²) in [5.41, 5.74) is 1.16. The van der Waals surface area contributed by atoms with Crippen molar-refractivity contribution in [3.05, 3.63) is 23.8 Å². The van der Waals surface area contributed by atoms with Crippen molar-refractivity contribution in [1.82, 2.24) is 5.32 Å². The predicted molar refractivity (Wildman–Crippen MR) is 73.3 cm³/mol. The number of ether oxygens (including phenoxy) is 2. The summed E-state index contributed by atoms with van der Waals surface area (Å²) in [5, 5.41) is 3.65. The third kappa shape index (κ3) is 2.96. The van der Waals surface area contributed by atoms with Crippen LogP contribution in [0.2, 0.25) is 0 Å². The molecule has 0 heterocycles. The second-order valence-electron chi connectivity index (χ2n) is 5.12. The predicted octanol–water partition coefficient (Wildman–Crippen LogP) is 3.15. The Morgan fingerprint density at radius 1 is 1.17 bits per heavy atom. The molecule has 0 amide bonds. The van der Waals surface area contributed by atoms with Gasteiger partial charge in [0, 0.05) is 17.6 Å². The van der Waals surface area contributed by atoms with Crippen LogP contribution in [0.4, 0.5) is 0 Å². The van der Waals surface area contributed by atoms with Gasteiger partial charge in [-0.2, -0.15) is 0 Å². The minimum absolute atomic E-state index is 0.269. The van der Waals surface area contributed by atoms with Gasteiger partial charge in [0.1, 0.15) is 11.5 Å². The first-order chi connectivity index (χ1) is 8.65. The van der Waals surface area contributed by atoms with Crippen molar-refractivity contribution in [3.63, 3.8) is 0 Å². The summed E-state index contributed by atoms with van der Waals surface area (Å²) in [4.78, 5) is 0. The standard InChI is InChI=1S/C15H23NO2/c1-10(12-5-6-12)16-11(2)14-9-13(17-3)7-8-15(14)18-4/h7-12,16H,5-6H2,1-4H3. The van der Waals surface area contributed by atoms with Gasteiger partial charge in [0.2, 0.25) is 0 Å². The molecule has 1 N–H and O–H groups in total. The topological polar surface area (TPSA) is 30.5 Å². The van der Waals surface area contributed by atoms with E-state index in [9.17, 15) is 0 Å². The quantitative estimate of drug-likeness (QED) is 0.840. The molecule has 1 aliphatic rings. The fourth-order valence-corrected chi connectivity index (χ4v) is 2.39. The van der Waals surface area contributed by atoms with Crippen molar-refractivity contribution in [2.75, 3.05) is 14.2 Å². The Morgan fingerprint density at radius 3 is 2.44 bits per heavy atom. The van der Waals surface area contributed by atoms with E-state index in [4.69, 9.17) is 9.47 Å². The molecular weight excluding hydrogens is 226 g/mol. The molecule has 0 bridgehead atoms. The summed E-state index contributed by atoms with van der Waals surface area (Å²) in [7, 11) is 3.40. The van der Waals surface area contributed by atoms with Crippen LogP contribution in [0.25, 0.3) is 0 Å². The molecule has 1 aromatic carbocycles. The Kier molecular flexibility index (Phi) is 4.12. The molecule has 18 heavy (non-hydrogen) atoms. The van der Waals surface area contributed by atoms with Crippen LogP contribution < -0.4 is 14.8 Å². The third-order valence-electron chi connectivity index (χ3n) is 3.75. The normalized spacial score (nSPS) is 18.2. The zero-order valence-electron chi connectivity index (χ0n) is 11.7. The molecule has 2 rings (SSSR count). The maximum absolute atomic E-state index is 5.43. The molecule has 100 valence electrons. The molecule has 0 aromatic heterocycles. The maximum atomic E-state index is 5.43. The van der Waals surface area contributed by atoms with Crippen molar-refractivity contribution in [3.8, 4) is 11.5 Å². The van der Waals surface area contributed by atoms with Gasteiger partial charge in [-0.3, -0.25) is 0 Å². The molecule has 0 aliphatic heterocycles. The number of rotatable bonds is 6. The van der Waals surface area contributed by atoms with E-state index in [1.54, 1.807) is 14.2 Å². The zero-order valence-corrected chi connectivity index (χ0v) is 11.7. The largest absolute Gasteiger partial charge is 0.497 e. The highest BCUT2D eigenvalue weighted by molar-refractivity contribution is 5.42. The monoisotopic (exact) mass is 249 g/mol. The molecule has 1 aromatic rings. The van der Waals surface area contributed by atoms with Crippen LogP contribution in [-0.2, 0) is 0 Å². The van der Waals surface area contributed by atoms with E-state index in [-0.39, 0.29) is 6.04 Å². The fraction of sp³-hybridized carbons (Fsp3) is 0.600. The summed E-state index contributed by atoms with van der Waals surface area (Å²) in [6.45, 7) is 4.44. The molecule has 1 fully saturated rings. The minimum Gasteiger partial charge on any atom is -0.497 e. The first kappa shape index (κ1) is 13.2. The number of hydrogen-bond donors (Lipinski definition) is 1. The van der Waals surface area contributed by atoms with Crippen LogP contribution in [0.5, 0.6) is 11.5 Å². The second-order valence-corrected chi connectivity index (χ2v) is 5.12. The Balaban J connectivity index is 2.13. The van der Waals surface area contributed by atoms with Crippen molar-refractivity contribution in [2.24, 2.45) is 5.92 Å². The highest BCUT2D eigenvalue weighted by Crippen LogP contribution is 2.35. The molecule has 0 spiro atoms. The van der Waals surface area contributed by atoms with E-state index in [1.807, 2.05) is 12.1 Å². The maximum Gasteiger partial charge on any atom is 0.123 e. The Morgan fingerprint density at radius 2 is 1.89 bits per heavy atom. The number of hydrogen-bond acceptors (Lipinski definition) is 3. The van der Waals surface area contributed by atoms with E-state index in [2.05, 4.69) is 25.2 Å². The molecule has 2 unspecified atom stereocenters. The third-order valence-corrected chi connectivity index (χ3v) is 3.75. The Hall–Kier alpha value is -1.22. The van der Waals surface area contributed by atoms with Gasteiger partial charge in [-0.1, -0.05) is 0 Å². The Labute approximate surface area is 109 Å². The van der Waals surface area contributed by atoms with Gasteiger partial charge >= 0.3 is 0 Å². The molecule has 3 nitrogen and oxygen atoms in total. The highest BCUT2D eigenvalue weighted by Gasteiger charge is 2.29. The van der Waals surface area contributed by atoms with Gasteiger partial charge in [0.25, 0.3) is 0 Å². The highest BCUT2D eigenvalue weighted by atomic mass is 16.5. The summed E-state index contributed by atoms with van der Waals surface area (Å²) in [6, 6.07) is 6.78. The lowest BCUT2D eigenvalue weighted by Crippen LogP contribution is -2.30. The first-order valence-corrected chi connectivity index (χ1v) is 6.63. The van der Waals surface area contributed by atoms with E-state index in [1.165, 1.54) is 12.8 Å². The molecule has 2 atom stereocenters. The van der Waals surface area contributed by atoms with Gasteiger partial charge in [-0.15, -0.1) is 0 Å². The van der Waals surface area contributed by atoms with Crippen LogP contribution in [0.3, 0.4) is 0 Å². The fourth-order valence-electron chi connectivity index (χ4n) is 2.39. The number of nitrogens with one attached hydrogen (secondary N) is 1. The van der Waals surface area contributed by atoms with Crippen LogP contribution in [0.1, 0.15) is 38.3 Å². The van der Waals surface area contributed by atoms with Crippen molar-refractivity contribution < 1.29 is 9.47 Å². The lowest BCUT2D eigenvalue weighted by atomic mass is 10.0. The molecular formula is C15H23NO2. The minimum atomic E-state index is 0.269. The van der Waals surface area contributed by atoms with Crippen molar-refractivity contribution in [2.45, 2.75) is 38.8 Å². The van der Waals surface area contributed by atoms with E-state index < -0.39 is 0 Å². The van der Waals surface area contributed by atoms with Crippen LogP contribution in [-0.4, -0.2) is 20.3 Å². The molecule has 0 saturated heterocycles. The summed E-state index contributed by atoms with van der Waals surface area (Å²) < 4.78 is 10.7. The Bertz CT molecular complexity index is 401. The zero-order chi connectivity index (χ0) is 13.1. The molecule has 1 saturated carbocycles. The lowest BCUT2D eigenvalue weighted by molar-refractivity contribution is 0.382. The number of methoxy groups -OCH3 is 2. The summed E-state index contributed by atoms with van der Waals surface area (Å²) >= 11 is 0. The van der Waals surface area contributed by atoms with E-state index in [0.717, 1.165) is 23.0 Å². The SMILES string of the molecule is COc1ccc(OC)c(C(C)NC(C)C2CC2)c1. The summed E-state index contributed by atoms with van der Waals surface area (Å²) in [6.07, 6.45) is 2.71. The van der Waals surface area contributed by atoms with Crippen LogP contribution >= 0.6 is 0 Å². The van der Waals surface area contributed by atoms with Crippen LogP contribution in [0.15, 0.2) is 18.2 Å². The molecule has 0 radical (unpaired) electrons. The lowest BCUT2D eigenvalue weighted by Gasteiger charge is -2.22. The van der Waals surface area contributed by atoms with E-state index >= 15 is 0 Å². The van der Waals surface area contributed by atoms with Crippen molar-refractivity contribution >= 4 is 0 Å². The average molecular weight is 249 g/mol. The molecule has 3 heteroatoms. The van der Waals surface area contributed by atoms with E-state index in [0.29, 0.717) is 6.04 Å². The smallest absolute Gasteiger partial charge is 0.123 e. The van der Waals surface area contributed by atoms with Gasteiger partial charge in [-0.25, -0.2) is 0 Å². The average Bonchev–Trinajstić information content (AvgIpc) is 3.22. The summed E-state index contributed by atoms with van der Waals surface area (Å²) in [5.74, 6) is 2.64. The van der Waals surface area contributed by atoms with Crippen LogP contribution in [0, 0.1) is 5.92 Å². The molecule has 1 aliphatic carbocycles. The first-order valence-electron chi connectivity index (χ1n) is 6.63. The van der Waals surface area contributed by atoms with Gasteiger partial charge in [0.05, 0.1) is 14.2 Å². The van der Waals surface area contributed by atoms with Gasteiger partial charge in [-0.05, 0) is 50.8 Å².